The zero-order chi connectivity index (χ0) is 19.6. The Bertz CT molecular complexity index is 853. The highest BCUT2D eigenvalue weighted by atomic mass is 35.5. The van der Waals surface area contributed by atoms with Gasteiger partial charge in [-0.05, 0) is 44.4 Å². The summed E-state index contributed by atoms with van der Waals surface area (Å²) >= 11 is 6.16. The Labute approximate surface area is 163 Å². The van der Waals surface area contributed by atoms with Crippen LogP contribution in [0, 0.1) is 11.2 Å². The molecule has 1 saturated carbocycles. The van der Waals surface area contributed by atoms with E-state index in [2.05, 4.69) is 10.3 Å². The van der Waals surface area contributed by atoms with Crippen molar-refractivity contribution in [2.75, 3.05) is 0 Å². The smallest absolute Gasteiger partial charge is 0.199 e. The average molecular weight is 389 g/mol. The second-order valence-corrected chi connectivity index (χ2v) is 7.50. The first-order valence-electron chi connectivity index (χ1n) is 9.08. The van der Waals surface area contributed by atoms with Crippen LogP contribution in [0.4, 0.5) is 4.39 Å². The minimum absolute atomic E-state index is 0.0690. The van der Waals surface area contributed by atoms with Gasteiger partial charge in [0.25, 0.3) is 0 Å². The van der Waals surface area contributed by atoms with Gasteiger partial charge in [0.1, 0.15) is 12.1 Å². The van der Waals surface area contributed by atoms with Gasteiger partial charge in [0.2, 0.25) is 0 Å². The van der Waals surface area contributed by atoms with Crippen LogP contribution in [-0.2, 0) is 4.79 Å². The number of nitrogens with zero attached hydrogens (tertiary/aromatic N) is 1. The van der Waals surface area contributed by atoms with Crippen molar-refractivity contribution < 1.29 is 14.0 Å². The molecule has 2 aromatic rings. The van der Waals surface area contributed by atoms with Crippen LogP contribution in [0.1, 0.15) is 60.6 Å². The highest BCUT2D eigenvalue weighted by Crippen LogP contribution is 2.47. The molecule has 4 nitrogen and oxygen atoms in total. The first kappa shape index (κ1) is 19.6. The lowest BCUT2D eigenvalue weighted by Crippen LogP contribution is -2.38. The molecule has 1 heterocycles. The number of aldehydes is 1. The fourth-order valence-corrected chi connectivity index (χ4v) is 3.61. The maximum atomic E-state index is 15.3. The van der Waals surface area contributed by atoms with Crippen LogP contribution in [-0.4, -0.2) is 23.1 Å². The zero-order valence-electron chi connectivity index (χ0n) is 15.3. The zero-order valence-corrected chi connectivity index (χ0v) is 16.1. The number of nitrogens with one attached hydrogen (secondary N) is 1. The Morgan fingerprint density at radius 3 is 2.70 bits per heavy atom. The van der Waals surface area contributed by atoms with Gasteiger partial charge in [0.05, 0.1) is 10.6 Å². The Morgan fingerprint density at radius 1 is 1.41 bits per heavy atom. The predicted octanol–water partition coefficient (Wildman–Crippen LogP) is 4.51. The molecule has 142 valence electrons. The molecule has 0 unspecified atom stereocenters. The summed E-state index contributed by atoms with van der Waals surface area (Å²) in [5.41, 5.74) is 0.155. The van der Waals surface area contributed by atoms with Gasteiger partial charge in [0, 0.05) is 41.0 Å². The molecule has 1 aliphatic carbocycles. The first-order chi connectivity index (χ1) is 12.9. The molecule has 27 heavy (non-hydrogen) atoms. The van der Waals surface area contributed by atoms with Crippen LogP contribution in [0.3, 0.4) is 0 Å². The number of hydrogen-bond acceptors (Lipinski definition) is 4. The SMILES string of the molecule is CC[C@@H](N[C@@H](C)C1(C=O)CC1)c1ccc(Cl)c(C(=O)c2cccnc2)c1F. The largest absolute Gasteiger partial charge is 0.306 e. The Kier molecular flexibility index (Phi) is 5.72. The summed E-state index contributed by atoms with van der Waals surface area (Å²) in [7, 11) is 0. The number of halogens is 2. The fraction of sp³-hybridized carbons (Fsp3) is 0.381. The summed E-state index contributed by atoms with van der Waals surface area (Å²) in [4.78, 5) is 28.0. The molecule has 1 aromatic carbocycles. The van der Waals surface area contributed by atoms with Crippen LogP contribution in [0.2, 0.25) is 5.02 Å². The van der Waals surface area contributed by atoms with E-state index >= 15 is 4.39 Å². The van der Waals surface area contributed by atoms with E-state index < -0.39 is 11.6 Å². The topological polar surface area (TPSA) is 59.1 Å². The molecule has 0 saturated heterocycles. The number of carbonyl (C=O) groups is 2. The lowest BCUT2D eigenvalue weighted by molar-refractivity contribution is -0.113. The molecule has 0 amide bonds. The van der Waals surface area contributed by atoms with Crippen molar-refractivity contribution in [1.82, 2.24) is 10.3 Å². The number of carbonyl (C=O) groups excluding carboxylic acids is 2. The number of hydrogen-bond donors (Lipinski definition) is 1. The summed E-state index contributed by atoms with van der Waals surface area (Å²) in [5, 5.41) is 3.43. The van der Waals surface area contributed by atoms with Crippen molar-refractivity contribution in [2.24, 2.45) is 5.41 Å². The predicted molar refractivity (Wildman–Crippen MR) is 102 cm³/mol. The molecule has 2 atom stereocenters. The molecule has 3 rings (SSSR count). The minimum Gasteiger partial charge on any atom is -0.306 e. The standard InChI is InChI=1S/C21H22ClFN2O2/c1-3-17(25-13(2)21(12-26)8-9-21)15-6-7-16(22)18(19(15)23)20(27)14-5-4-10-24-11-14/h4-7,10-13,17,25H,3,8-9H2,1-2H3/t13-,17+/m0/s1. The maximum Gasteiger partial charge on any atom is 0.199 e. The van der Waals surface area contributed by atoms with Crippen molar-refractivity contribution in [3.63, 3.8) is 0 Å². The van der Waals surface area contributed by atoms with Crippen LogP contribution in [0.15, 0.2) is 36.7 Å². The van der Waals surface area contributed by atoms with E-state index in [0.717, 1.165) is 19.1 Å². The number of ketones is 1. The van der Waals surface area contributed by atoms with Gasteiger partial charge in [-0.2, -0.15) is 0 Å². The molecule has 1 aliphatic rings. The van der Waals surface area contributed by atoms with Crippen molar-refractivity contribution in [1.29, 1.82) is 0 Å². The molecular formula is C21H22ClFN2O2. The van der Waals surface area contributed by atoms with Crippen molar-refractivity contribution in [2.45, 2.75) is 45.2 Å². The number of benzene rings is 1. The van der Waals surface area contributed by atoms with E-state index in [0.29, 0.717) is 12.0 Å². The Hall–Kier alpha value is -2.11. The third-order valence-corrected chi connectivity index (χ3v) is 5.75. The quantitative estimate of drug-likeness (QED) is 0.533. The number of aromatic nitrogens is 1. The molecular weight excluding hydrogens is 367 g/mol. The van der Waals surface area contributed by atoms with E-state index in [1.165, 1.54) is 6.20 Å². The van der Waals surface area contributed by atoms with Gasteiger partial charge in [-0.25, -0.2) is 4.39 Å². The normalized spacial score (nSPS) is 17.2. The molecule has 1 N–H and O–H groups in total. The molecule has 1 fully saturated rings. The van der Waals surface area contributed by atoms with Gasteiger partial charge in [-0.3, -0.25) is 9.78 Å². The van der Waals surface area contributed by atoms with Gasteiger partial charge in [-0.1, -0.05) is 24.6 Å². The van der Waals surface area contributed by atoms with E-state index in [4.69, 9.17) is 11.6 Å². The van der Waals surface area contributed by atoms with Crippen LogP contribution in [0.5, 0.6) is 0 Å². The number of pyridine rings is 1. The van der Waals surface area contributed by atoms with Crippen molar-refractivity contribution in [3.05, 3.63) is 64.2 Å². The van der Waals surface area contributed by atoms with E-state index in [9.17, 15) is 9.59 Å². The summed E-state index contributed by atoms with van der Waals surface area (Å²) in [6.07, 6.45) is 6.23. The van der Waals surface area contributed by atoms with E-state index in [1.54, 1.807) is 30.5 Å². The van der Waals surface area contributed by atoms with Crippen molar-refractivity contribution >= 4 is 23.7 Å². The lowest BCUT2D eigenvalue weighted by atomic mass is 9.94. The van der Waals surface area contributed by atoms with Gasteiger partial charge in [-0.15, -0.1) is 0 Å². The summed E-state index contributed by atoms with van der Waals surface area (Å²) in [6, 6.07) is 5.95. The van der Waals surface area contributed by atoms with E-state index in [1.807, 2.05) is 13.8 Å². The molecule has 6 heteroatoms. The molecule has 0 radical (unpaired) electrons. The van der Waals surface area contributed by atoms with Gasteiger partial charge < -0.3 is 10.1 Å². The molecule has 0 aliphatic heterocycles. The Morgan fingerprint density at radius 2 is 2.15 bits per heavy atom. The summed E-state index contributed by atoms with van der Waals surface area (Å²) in [5.74, 6) is -1.12. The minimum atomic E-state index is -0.626. The molecule has 1 aromatic heterocycles. The number of rotatable bonds is 8. The fourth-order valence-electron chi connectivity index (χ4n) is 3.38. The highest BCUT2D eigenvalue weighted by Gasteiger charge is 2.48. The van der Waals surface area contributed by atoms with E-state index in [-0.39, 0.29) is 33.6 Å². The van der Waals surface area contributed by atoms with Crippen LogP contribution >= 0.6 is 11.6 Å². The maximum absolute atomic E-state index is 15.3. The second kappa shape index (κ2) is 7.87. The lowest BCUT2D eigenvalue weighted by Gasteiger charge is -2.27. The second-order valence-electron chi connectivity index (χ2n) is 7.10. The third kappa shape index (κ3) is 3.80. The Balaban J connectivity index is 1.94. The monoisotopic (exact) mass is 388 g/mol. The van der Waals surface area contributed by atoms with Gasteiger partial charge in [0.15, 0.2) is 5.78 Å². The summed E-state index contributed by atoms with van der Waals surface area (Å²) in [6.45, 7) is 3.88. The average Bonchev–Trinajstić information content (AvgIpc) is 3.48. The van der Waals surface area contributed by atoms with Gasteiger partial charge >= 0.3 is 0 Å². The third-order valence-electron chi connectivity index (χ3n) is 5.43. The van der Waals surface area contributed by atoms with Crippen molar-refractivity contribution in [3.8, 4) is 0 Å². The molecule has 0 spiro atoms. The highest BCUT2D eigenvalue weighted by molar-refractivity contribution is 6.35. The molecule has 0 bridgehead atoms. The van der Waals surface area contributed by atoms with Crippen LogP contribution in [0.25, 0.3) is 0 Å². The first-order valence-corrected chi connectivity index (χ1v) is 9.46. The van der Waals surface area contributed by atoms with Crippen LogP contribution < -0.4 is 5.32 Å². The summed E-state index contributed by atoms with van der Waals surface area (Å²) < 4.78 is 15.3.